The van der Waals surface area contributed by atoms with Crippen molar-refractivity contribution in [1.82, 2.24) is 10.2 Å². The van der Waals surface area contributed by atoms with E-state index in [4.69, 9.17) is 4.74 Å². The van der Waals surface area contributed by atoms with E-state index in [1.54, 1.807) is 0 Å². The molecule has 3 aliphatic rings. The summed E-state index contributed by atoms with van der Waals surface area (Å²) in [6.07, 6.45) is 9.43. The SMILES string of the molecule is O=C(OC1CCCC1)N(CC1CCCN1)C1CC1. The number of hydrogen-bond acceptors (Lipinski definition) is 3. The van der Waals surface area contributed by atoms with E-state index in [0.717, 1.165) is 38.8 Å². The monoisotopic (exact) mass is 252 g/mol. The van der Waals surface area contributed by atoms with E-state index >= 15 is 0 Å². The Balaban J connectivity index is 1.52. The Morgan fingerprint density at radius 3 is 2.50 bits per heavy atom. The Bertz CT molecular complexity index is 292. The first-order valence-corrected chi connectivity index (χ1v) is 7.53. The molecule has 0 aromatic heterocycles. The maximum atomic E-state index is 12.2. The molecule has 1 N–H and O–H groups in total. The zero-order chi connectivity index (χ0) is 12.4. The average molecular weight is 252 g/mol. The van der Waals surface area contributed by atoms with Gasteiger partial charge in [-0.1, -0.05) is 0 Å². The van der Waals surface area contributed by atoms with E-state index in [2.05, 4.69) is 5.32 Å². The maximum Gasteiger partial charge on any atom is 0.410 e. The molecule has 1 amide bonds. The molecule has 1 heterocycles. The fourth-order valence-electron chi connectivity index (χ4n) is 3.13. The Morgan fingerprint density at radius 2 is 1.89 bits per heavy atom. The molecule has 4 nitrogen and oxygen atoms in total. The summed E-state index contributed by atoms with van der Waals surface area (Å²) in [5.74, 6) is 0. The third-order valence-corrected chi connectivity index (χ3v) is 4.37. The summed E-state index contributed by atoms with van der Waals surface area (Å²) in [4.78, 5) is 14.2. The lowest BCUT2D eigenvalue weighted by atomic mass is 10.2. The van der Waals surface area contributed by atoms with Crippen molar-refractivity contribution in [3.05, 3.63) is 0 Å². The summed E-state index contributed by atoms with van der Waals surface area (Å²) in [6, 6.07) is 0.947. The van der Waals surface area contributed by atoms with Gasteiger partial charge in [0.15, 0.2) is 0 Å². The standard InChI is InChI=1S/C14H24N2O2/c17-14(18-13-5-1-2-6-13)16(12-7-8-12)10-11-4-3-9-15-11/h11-13,15H,1-10H2. The van der Waals surface area contributed by atoms with Crippen LogP contribution in [0, 0.1) is 0 Å². The minimum atomic E-state index is -0.0573. The van der Waals surface area contributed by atoms with Gasteiger partial charge < -0.3 is 15.0 Å². The van der Waals surface area contributed by atoms with E-state index in [9.17, 15) is 4.79 Å². The highest BCUT2D eigenvalue weighted by molar-refractivity contribution is 5.68. The Kier molecular flexibility index (Phi) is 3.73. The van der Waals surface area contributed by atoms with Crippen LogP contribution in [0.4, 0.5) is 4.79 Å². The van der Waals surface area contributed by atoms with Crippen LogP contribution in [0.5, 0.6) is 0 Å². The van der Waals surface area contributed by atoms with Crippen LogP contribution in [0.1, 0.15) is 51.4 Å². The van der Waals surface area contributed by atoms with Gasteiger partial charge in [-0.25, -0.2) is 4.79 Å². The Labute approximate surface area is 109 Å². The van der Waals surface area contributed by atoms with E-state index in [0.29, 0.717) is 12.1 Å². The molecule has 0 radical (unpaired) electrons. The lowest BCUT2D eigenvalue weighted by Crippen LogP contribution is -2.43. The van der Waals surface area contributed by atoms with Crippen LogP contribution in [0.3, 0.4) is 0 Å². The van der Waals surface area contributed by atoms with E-state index < -0.39 is 0 Å². The molecular formula is C14H24N2O2. The second-order valence-corrected chi connectivity index (χ2v) is 5.97. The molecular weight excluding hydrogens is 228 g/mol. The van der Waals surface area contributed by atoms with Gasteiger partial charge in [-0.15, -0.1) is 0 Å². The number of hydrogen-bond donors (Lipinski definition) is 1. The molecule has 1 atom stereocenters. The van der Waals surface area contributed by atoms with Gasteiger partial charge in [0.05, 0.1) is 0 Å². The van der Waals surface area contributed by atoms with Crippen molar-refractivity contribution in [3.8, 4) is 0 Å². The molecule has 1 unspecified atom stereocenters. The Morgan fingerprint density at radius 1 is 1.11 bits per heavy atom. The molecule has 3 fully saturated rings. The van der Waals surface area contributed by atoms with Gasteiger partial charge in [0, 0.05) is 18.6 Å². The van der Waals surface area contributed by atoms with Gasteiger partial charge in [0.25, 0.3) is 0 Å². The number of nitrogens with one attached hydrogen (secondary N) is 1. The highest BCUT2D eigenvalue weighted by atomic mass is 16.6. The first kappa shape index (κ1) is 12.3. The molecule has 1 aliphatic heterocycles. The summed E-state index contributed by atoms with van der Waals surface area (Å²) in [6.45, 7) is 1.94. The highest BCUT2D eigenvalue weighted by Crippen LogP contribution is 2.30. The number of ether oxygens (including phenoxy) is 1. The van der Waals surface area contributed by atoms with E-state index in [1.165, 1.54) is 25.7 Å². The average Bonchev–Trinajstić information content (AvgIpc) is 2.87. The van der Waals surface area contributed by atoms with Gasteiger partial charge in [0.2, 0.25) is 0 Å². The van der Waals surface area contributed by atoms with Gasteiger partial charge in [-0.05, 0) is 57.9 Å². The van der Waals surface area contributed by atoms with Crippen molar-refractivity contribution in [3.63, 3.8) is 0 Å². The molecule has 0 spiro atoms. The summed E-state index contributed by atoms with van der Waals surface area (Å²) in [5, 5.41) is 3.47. The zero-order valence-corrected chi connectivity index (χ0v) is 11.1. The largest absolute Gasteiger partial charge is 0.446 e. The van der Waals surface area contributed by atoms with Crippen LogP contribution in [-0.4, -0.2) is 42.3 Å². The first-order chi connectivity index (χ1) is 8.83. The molecule has 0 aromatic rings. The van der Waals surface area contributed by atoms with Crippen molar-refractivity contribution in [2.45, 2.75) is 69.6 Å². The third kappa shape index (κ3) is 2.97. The normalized spacial score (nSPS) is 28.6. The molecule has 18 heavy (non-hydrogen) atoms. The first-order valence-electron chi connectivity index (χ1n) is 7.53. The van der Waals surface area contributed by atoms with Crippen LogP contribution < -0.4 is 5.32 Å². The molecule has 0 bridgehead atoms. The van der Waals surface area contributed by atoms with Crippen molar-refractivity contribution in [2.75, 3.05) is 13.1 Å². The van der Waals surface area contributed by atoms with Crippen LogP contribution in [0.25, 0.3) is 0 Å². The summed E-state index contributed by atoms with van der Waals surface area (Å²) in [7, 11) is 0. The lowest BCUT2D eigenvalue weighted by molar-refractivity contribution is 0.0609. The van der Waals surface area contributed by atoms with Crippen LogP contribution in [0.2, 0.25) is 0 Å². The van der Waals surface area contributed by atoms with Crippen molar-refractivity contribution in [1.29, 1.82) is 0 Å². The van der Waals surface area contributed by atoms with Gasteiger partial charge in [-0.2, -0.15) is 0 Å². The number of carbonyl (C=O) groups is 1. The molecule has 2 saturated carbocycles. The lowest BCUT2D eigenvalue weighted by Gasteiger charge is -2.26. The predicted octanol–water partition coefficient (Wildman–Crippen LogP) is 2.28. The van der Waals surface area contributed by atoms with Gasteiger partial charge in [0.1, 0.15) is 6.10 Å². The minimum absolute atomic E-state index is 0.0573. The fourth-order valence-corrected chi connectivity index (χ4v) is 3.13. The van der Waals surface area contributed by atoms with Gasteiger partial charge in [-0.3, -0.25) is 0 Å². The molecule has 2 aliphatic carbocycles. The molecule has 0 aromatic carbocycles. The second kappa shape index (κ2) is 5.47. The maximum absolute atomic E-state index is 12.2. The summed E-state index contributed by atoms with van der Waals surface area (Å²) in [5.41, 5.74) is 0. The van der Waals surface area contributed by atoms with Crippen molar-refractivity contribution >= 4 is 6.09 Å². The van der Waals surface area contributed by atoms with Crippen LogP contribution >= 0.6 is 0 Å². The summed E-state index contributed by atoms with van der Waals surface area (Å²) >= 11 is 0. The molecule has 102 valence electrons. The van der Waals surface area contributed by atoms with Crippen LogP contribution in [-0.2, 0) is 4.74 Å². The van der Waals surface area contributed by atoms with E-state index in [1.807, 2.05) is 4.90 Å². The fraction of sp³-hybridized carbons (Fsp3) is 0.929. The Hall–Kier alpha value is -0.770. The quantitative estimate of drug-likeness (QED) is 0.834. The van der Waals surface area contributed by atoms with Crippen molar-refractivity contribution in [2.24, 2.45) is 0 Å². The second-order valence-electron chi connectivity index (χ2n) is 5.97. The number of nitrogens with zero attached hydrogens (tertiary/aromatic N) is 1. The van der Waals surface area contributed by atoms with E-state index in [-0.39, 0.29) is 12.2 Å². The number of amides is 1. The highest BCUT2D eigenvalue weighted by Gasteiger charge is 2.36. The molecule has 4 heteroatoms. The van der Waals surface area contributed by atoms with Gasteiger partial charge >= 0.3 is 6.09 Å². The minimum Gasteiger partial charge on any atom is -0.446 e. The third-order valence-electron chi connectivity index (χ3n) is 4.37. The van der Waals surface area contributed by atoms with Crippen molar-refractivity contribution < 1.29 is 9.53 Å². The summed E-state index contributed by atoms with van der Waals surface area (Å²) < 4.78 is 5.64. The molecule has 1 saturated heterocycles. The topological polar surface area (TPSA) is 41.6 Å². The molecule has 3 rings (SSSR count). The predicted molar refractivity (Wildman–Crippen MR) is 69.5 cm³/mol. The smallest absolute Gasteiger partial charge is 0.410 e. The van der Waals surface area contributed by atoms with Crippen LogP contribution in [0.15, 0.2) is 0 Å². The zero-order valence-electron chi connectivity index (χ0n) is 11.1. The number of carbonyl (C=O) groups excluding carboxylic acids is 1. The number of rotatable bonds is 4.